The van der Waals surface area contributed by atoms with Gasteiger partial charge < -0.3 is 5.11 Å². The maximum absolute atomic E-state index is 10.8. The molecule has 0 aliphatic heterocycles. The Kier molecular flexibility index (Phi) is 2.70. The first-order chi connectivity index (χ1) is 9.72. The highest BCUT2D eigenvalue weighted by Crippen LogP contribution is 2.72. The average Bonchev–Trinajstić information content (AvgIpc) is 2.31. The quantitative estimate of drug-likeness (QED) is 0.626. The van der Waals surface area contributed by atoms with Crippen LogP contribution in [0.1, 0.15) is 72.6 Å². The van der Waals surface area contributed by atoms with E-state index in [4.69, 9.17) is 0 Å². The lowest BCUT2D eigenvalue weighted by molar-refractivity contribution is -0.197. The van der Waals surface area contributed by atoms with Crippen molar-refractivity contribution in [2.45, 2.75) is 78.2 Å². The monoisotopic (exact) mass is 288 g/mol. The molecule has 0 heterocycles. The summed E-state index contributed by atoms with van der Waals surface area (Å²) in [5, 5.41) is 10.8. The number of allylic oxidation sites excluding steroid dienone is 1. The van der Waals surface area contributed by atoms with E-state index in [2.05, 4.69) is 39.8 Å². The molecule has 4 aliphatic carbocycles. The van der Waals surface area contributed by atoms with Gasteiger partial charge in [0.1, 0.15) is 0 Å². The maximum Gasteiger partial charge on any atom is 0.0690 e. The summed E-state index contributed by atoms with van der Waals surface area (Å²) in [6.07, 6.45) is 14.0. The van der Waals surface area contributed by atoms with Crippen LogP contribution in [0.15, 0.2) is 12.2 Å². The largest absolute Gasteiger partial charge is 0.390 e. The minimum atomic E-state index is -0.460. The van der Waals surface area contributed by atoms with E-state index < -0.39 is 5.60 Å². The van der Waals surface area contributed by atoms with E-state index in [1.165, 1.54) is 38.5 Å². The Morgan fingerprint density at radius 3 is 2.29 bits per heavy atom. The highest BCUT2D eigenvalue weighted by Gasteiger charge is 2.66. The smallest absolute Gasteiger partial charge is 0.0690 e. The van der Waals surface area contributed by atoms with E-state index >= 15 is 0 Å². The first-order valence-electron chi connectivity index (χ1n) is 9.14. The Morgan fingerprint density at radius 1 is 0.905 bits per heavy atom. The van der Waals surface area contributed by atoms with Crippen molar-refractivity contribution in [1.29, 1.82) is 0 Å². The molecule has 0 aromatic carbocycles. The minimum absolute atomic E-state index is 0.334. The highest BCUT2D eigenvalue weighted by atomic mass is 16.3. The number of rotatable bonds is 0. The summed E-state index contributed by atoms with van der Waals surface area (Å²) in [4.78, 5) is 0. The molecule has 6 atom stereocenters. The summed E-state index contributed by atoms with van der Waals surface area (Å²) in [6.45, 7) is 9.71. The van der Waals surface area contributed by atoms with Gasteiger partial charge in [0.15, 0.2) is 0 Å². The molecular weight excluding hydrogens is 256 g/mol. The van der Waals surface area contributed by atoms with Crippen LogP contribution >= 0.6 is 0 Å². The van der Waals surface area contributed by atoms with Gasteiger partial charge in [-0.25, -0.2) is 0 Å². The van der Waals surface area contributed by atoms with Crippen molar-refractivity contribution in [3.63, 3.8) is 0 Å². The van der Waals surface area contributed by atoms with Gasteiger partial charge in [-0.05, 0) is 68.1 Å². The molecule has 4 rings (SSSR count). The van der Waals surface area contributed by atoms with Crippen LogP contribution in [0.3, 0.4) is 0 Å². The Morgan fingerprint density at radius 2 is 1.62 bits per heavy atom. The van der Waals surface area contributed by atoms with Crippen LogP contribution in [0.25, 0.3) is 0 Å². The number of fused-ring (bicyclic) bond motifs is 2. The fraction of sp³-hybridized carbons (Fsp3) is 0.900. The molecule has 1 nitrogen and oxygen atoms in total. The van der Waals surface area contributed by atoms with Crippen LogP contribution in [-0.4, -0.2) is 10.7 Å². The molecule has 3 fully saturated rings. The summed E-state index contributed by atoms with van der Waals surface area (Å²) in [5.74, 6) is 2.11. The highest BCUT2D eigenvalue weighted by molar-refractivity contribution is 5.30. The SMILES string of the molecule is CC1(C)CCC[C@]2(C)[C@H]3CC[C@](C)(O)[C@H]4C=C[C@@]34CC[C@@H]12. The van der Waals surface area contributed by atoms with E-state index in [1.807, 2.05) is 0 Å². The number of aliphatic hydroxyl groups is 1. The topological polar surface area (TPSA) is 20.2 Å². The lowest BCUT2D eigenvalue weighted by Crippen LogP contribution is -2.64. The van der Waals surface area contributed by atoms with Gasteiger partial charge in [0.2, 0.25) is 0 Å². The second kappa shape index (κ2) is 3.96. The molecular formula is C20H32O. The predicted octanol–water partition coefficient (Wildman–Crippen LogP) is 4.95. The molecule has 1 N–H and O–H groups in total. The van der Waals surface area contributed by atoms with Crippen molar-refractivity contribution < 1.29 is 5.11 Å². The third-order valence-electron chi connectivity index (χ3n) is 8.37. The summed E-state index contributed by atoms with van der Waals surface area (Å²) in [5.41, 5.74) is 0.885. The van der Waals surface area contributed by atoms with Crippen LogP contribution in [-0.2, 0) is 0 Å². The van der Waals surface area contributed by atoms with Crippen LogP contribution in [0, 0.1) is 34.0 Å². The van der Waals surface area contributed by atoms with Crippen molar-refractivity contribution in [2.75, 3.05) is 0 Å². The Balaban J connectivity index is 1.75. The molecule has 21 heavy (non-hydrogen) atoms. The van der Waals surface area contributed by atoms with Gasteiger partial charge in [-0.3, -0.25) is 0 Å². The fourth-order valence-electron chi connectivity index (χ4n) is 7.47. The van der Waals surface area contributed by atoms with E-state index in [-0.39, 0.29) is 0 Å². The first-order valence-corrected chi connectivity index (χ1v) is 9.14. The van der Waals surface area contributed by atoms with Crippen LogP contribution < -0.4 is 0 Å². The molecule has 1 heteroatoms. The lowest BCUT2D eigenvalue weighted by Gasteiger charge is -2.69. The van der Waals surface area contributed by atoms with Gasteiger partial charge in [0, 0.05) is 11.3 Å². The molecule has 0 saturated heterocycles. The van der Waals surface area contributed by atoms with E-state index in [0.29, 0.717) is 22.2 Å². The van der Waals surface area contributed by atoms with E-state index in [9.17, 15) is 5.11 Å². The second-order valence-corrected chi connectivity index (χ2v) is 9.84. The van der Waals surface area contributed by atoms with Crippen LogP contribution in [0.5, 0.6) is 0 Å². The number of hydrogen-bond donors (Lipinski definition) is 1. The van der Waals surface area contributed by atoms with Crippen LogP contribution in [0.4, 0.5) is 0 Å². The summed E-state index contributed by atoms with van der Waals surface area (Å²) >= 11 is 0. The molecule has 0 aromatic heterocycles. The third kappa shape index (κ3) is 1.62. The molecule has 4 aliphatic rings. The second-order valence-electron chi connectivity index (χ2n) is 9.84. The average molecular weight is 288 g/mol. The first kappa shape index (κ1) is 14.3. The molecule has 118 valence electrons. The minimum Gasteiger partial charge on any atom is -0.390 e. The van der Waals surface area contributed by atoms with Gasteiger partial charge in [-0.2, -0.15) is 0 Å². The molecule has 3 saturated carbocycles. The molecule has 0 amide bonds. The van der Waals surface area contributed by atoms with Crippen molar-refractivity contribution in [1.82, 2.24) is 0 Å². The molecule has 0 bridgehead atoms. The van der Waals surface area contributed by atoms with Crippen LogP contribution in [0.2, 0.25) is 0 Å². The maximum atomic E-state index is 10.8. The van der Waals surface area contributed by atoms with Gasteiger partial charge in [-0.15, -0.1) is 0 Å². The van der Waals surface area contributed by atoms with Gasteiger partial charge in [0.25, 0.3) is 0 Å². The molecule has 1 spiro atoms. The Labute approximate surface area is 130 Å². The standard InChI is InChI=1S/C20H32O/c1-17(2)9-5-10-18(3)14(17)7-12-20-13-8-16(20)19(4,21)11-6-15(18)20/h8,13-16,21H,5-7,9-12H2,1-4H3/t14-,15+,16+,18-,19-,20-/m0/s1. The zero-order valence-electron chi connectivity index (χ0n) is 14.3. The zero-order chi connectivity index (χ0) is 15.1. The molecule has 0 aromatic rings. The zero-order valence-corrected chi connectivity index (χ0v) is 14.3. The lowest BCUT2D eigenvalue weighted by atomic mass is 9.35. The van der Waals surface area contributed by atoms with Crippen molar-refractivity contribution >= 4 is 0 Å². The van der Waals surface area contributed by atoms with Crippen molar-refractivity contribution in [3.05, 3.63) is 12.2 Å². The summed E-state index contributed by atoms with van der Waals surface area (Å²) in [6, 6.07) is 0. The summed E-state index contributed by atoms with van der Waals surface area (Å²) in [7, 11) is 0. The normalized spacial score (nSPS) is 57.7. The molecule has 0 unspecified atom stereocenters. The predicted molar refractivity (Wildman–Crippen MR) is 86.9 cm³/mol. The van der Waals surface area contributed by atoms with Crippen molar-refractivity contribution in [2.24, 2.45) is 34.0 Å². The third-order valence-corrected chi connectivity index (χ3v) is 8.37. The van der Waals surface area contributed by atoms with Gasteiger partial charge in [-0.1, -0.05) is 39.3 Å². The van der Waals surface area contributed by atoms with E-state index in [1.54, 1.807) is 0 Å². The summed E-state index contributed by atoms with van der Waals surface area (Å²) < 4.78 is 0. The molecule has 0 radical (unpaired) electrons. The Hall–Kier alpha value is -0.300. The number of hydrogen-bond acceptors (Lipinski definition) is 1. The fourth-order valence-corrected chi connectivity index (χ4v) is 7.47. The van der Waals surface area contributed by atoms with E-state index in [0.717, 1.165) is 18.3 Å². The van der Waals surface area contributed by atoms with Crippen molar-refractivity contribution in [3.8, 4) is 0 Å². The van der Waals surface area contributed by atoms with Gasteiger partial charge in [0.05, 0.1) is 5.60 Å². The van der Waals surface area contributed by atoms with Gasteiger partial charge >= 0.3 is 0 Å². The Bertz CT molecular complexity index is 488.